The first-order valence-corrected chi connectivity index (χ1v) is 13.5. The van der Waals surface area contributed by atoms with Crippen LogP contribution in [0.25, 0.3) is 33.3 Å². The van der Waals surface area contributed by atoms with Crippen LogP contribution in [-0.4, -0.2) is 23.1 Å². The van der Waals surface area contributed by atoms with Gasteiger partial charge in [0.05, 0.1) is 15.7 Å². The number of hydrogen-bond donors (Lipinski definition) is 0. The quantitative estimate of drug-likeness (QED) is 0.343. The van der Waals surface area contributed by atoms with Gasteiger partial charge >= 0.3 is 0 Å². The molecule has 0 N–H and O–H groups in total. The molecule has 0 bridgehead atoms. The minimum atomic E-state index is -1.84. The monoisotopic (exact) mass is 421 g/mol. The molecule has 29 heavy (non-hydrogen) atoms. The minimum absolute atomic E-state index is 0.179. The van der Waals surface area contributed by atoms with Crippen LogP contribution in [-0.2, 0) is 7.05 Å². The number of benzene rings is 2. The highest BCUT2D eigenvalue weighted by Gasteiger charge is 2.39. The van der Waals surface area contributed by atoms with Gasteiger partial charge in [0.25, 0.3) is 0 Å². The Hall–Kier alpha value is -2.44. The standard InChI is InChI=1S/C23H27N3OSSi/c1-23(2,3)29(5,6)27-18-9-11-20-21(14-18)28-22(24-20)12-8-16-7-10-19-17(13-16)15-26(4)25-19/h7-15H,1-6H3/b12-8+. The van der Waals surface area contributed by atoms with Crippen LogP contribution in [0.2, 0.25) is 18.1 Å². The lowest BCUT2D eigenvalue weighted by Crippen LogP contribution is -2.43. The van der Waals surface area contributed by atoms with Gasteiger partial charge in [-0.2, -0.15) is 5.10 Å². The lowest BCUT2D eigenvalue weighted by atomic mass is 10.1. The molecule has 0 aliphatic rings. The summed E-state index contributed by atoms with van der Waals surface area (Å²) in [7, 11) is 0.101. The van der Waals surface area contributed by atoms with Crippen molar-refractivity contribution in [2.75, 3.05) is 0 Å². The van der Waals surface area contributed by atoms with Crippen LogP contribution in [0.15, 0.2) is 42.6 Å². The lowest BCUT2D eigenvalue weighted by Gasteiger charge is -2.36. The second kappa shape index (κ2) is 7.11. The van der Waals surface area contributed by atoms with Crippen LogP contribution in [0.3, 0.4) is 0 Å². The molecule has 0 aliphatic heterocycles. The highest BCUT2D eigenvalue weighted by atomic mass is 32.1. The van der Waals surface area contributed by atoms with E-state index in [1.807, 2.05) is 24.0 Å². The van der Waals surface area contributed by atoms with E-state index in [-0.39, 0.29) is 5.04 Å². The molecule has 0 fully saturated rings. The van der Waals surface area contributed by atoms with Gasteiger partial charge in [-0.15, -0.1) is 11.3 Å². The van der Waals surface area contributed by atoms with Gasteiger partial charge in [0, 0.05) is 18.6 Å². The lowest BCUT2D eigenvalue weighted by molar-refractivity contribution is 0.493. The molecule has 4 nitrogen and oxygen atoms in total. The first kappa shape index (κ1) is 19.9. The molecular weight excluding hydrogens is 394 g/mol. The Morgan fingerprint density at radius 2 is 1.79 bits per heavy atom. The molecular formula is C23H27N3OSSi. The van der Waals surface area contributed by atoms with E-state index in [1.54, 1.807) is 11.3 Å². The summed E-state index contributed by atoms with van der Waals surface area (Å²) < 4.78 is 9.45. The van der Waals surface area contributed by atoms with Crippen molar-refractivity contribution in [3.05, 3.63) is 53.2 Å². The first-order chi connectivity index (χ1) is 13.6. The van der Waals surface area contributed by atoms with E-state index in [0.29, 0.717) is 0 Å². The molecule has 2 aromatic carbocycles. The smallest absolute Gasteiger partial charge is 0.250 e. The van der Waals surface area contributed by atoms with Gasteiger partial charge in [-0.1, -0.05) is 32.9 Å². The van der Waals surface area contributed by atoms with E-state index in [4.69, 9.17) is 9.41 Å². The molecule has 0 spiro atoms. The Balaban J connectivity index is 1.57. The molecule has 4 rings (SSSR count). The highest BCUT2D eigenvalue weighted by Crippen LogP contribution is 2.38. The Labute approximate surface area is 177 Å². The second-order valence-electron chi connectivity index (χ2n) is 9.00. The van der Waals surface area contributed by atoms with Crippen LogP contribution in [0.1, 0.15) is 31.3 Å². The fraction of sp³-hybridized carbons (Fsp3) is 0.304. The zero-order chi connectivity index (χ0) is 20.8. The predicted molar refractivity (Wildman–Crippen MR) is 127 cm³/mol. The highest BCUT2D eigenvalue weighted by molar-refractivity contribution is 7.19. The van der Waals surface area contributed by atoms with Gasteiger partial charge in [0.1, 0.15) is 10.8 Å². The number of hydrogen-bond acceptors (Lipinski definition) is 4. The van der Waals surface area contributed by atoms with Gasteiger partial charge in [-0.05, 0) is 60.1 Å². The third kappa shape index (κ3) is 4.14. The maximum atomic E-state index is 6.45. The molecule has 0 radical (unpaired) electrons. The summed E-state index contributed by atoms with van der Waals surface area (Å²) in [6, 6.07) is 12.5. The predicted octanol–water partition coefficient (Wildman–Crippen LogP) is 6.74. The Morgan fingerprint density at radius 3 is 2.55 bits per heavy atom. The fourth-order valence-corrected chi connectivity index (χ4v) is 4.87. The van der Waals surface area contributed by atoms with Gasteiger partial charge in [-0.25, -0.2) is 4.98 Å². The average molecular weight is 422 g/mol. The summed E-state index contributed by atoms with van der Waals surface area (Å²) in [5, 5.41) is 6.74. The largest absolute Gasteiger partial charge is 0.543 e. The Bertz CT molecular complexity index is 1210. The average Bonchev–Trinajstić information content (AvgIpc) is 3.19. The number of aryl methyl sites for hydroxylation is 1. The topological polar surface area (TPSA) is 39.9 Å². The van der Waals surface area contributed by atoms with E-state index in [0.717, 1.165) is 37.4 Å². The zero-order valence-corrected chi connectivity index (χ0v) is 19.7. The SMILES string of the molecule is Cn1cc2cc(/C=C/c3nc4ccc(O[Si](C)(C)C(C)(C)C)cc4s3)ccc2n1. The first-order valence-electron chi connectivity index (χ1n) is 9.82. The molecule has 0 amide bonds. The summed E-state index contributed by atoms with van der Waals surface area (Å²) in [5.41, 5.74) is 3.17. The molecule has 2 aromatic heterocycles. The van der Waals surface area contributed by atoms with E-state index in [1.165, 1.54) is 0 Å². The van der Waals surface area contributed by atoms with Crippen LogP contribution < -0.4 is 4.43 Å². The maximum Gasteiger partial charge on any atom is 0.250 e. The molecule has 0 aliphatic carbocycles. The molecule has 0 saturated carbocycles. The molecule has 2 heterocycles. The summed E-state index contributed by atoms with van der Waals surface area (Å²) >= 11 is 1.69. The Kier molecular flexibility index (Phi) is 4.87. The normalized spacial score (nSPS) is 13.0. The summed E-state index contributed by atoms with van der Waals surface area (Å²) in [4.78, 5) is 4.75. The van der Waals surface area contributed by atoms with Crippen molar-refractivity contribution in [1.82, 2.24) is 14.8 Å². The third-order valence-electron chi connectivity index (χ3n) is 5.62. The van der Waals surface area contributed by atoms with Crippen molar-refractivity contribution < 1.29 is 4.43 Å². The zero-order valence-electron chi connectivity index (χ0n) is 17.9. The minimum Gasteiger partial charge on any atom is -0.543 e. The van der Waals surface area contributed by atoms with Gasteiger partial charge in [-0.3, -0.25) is 4.68 Å². The van der Waals surface area contributed by atoms with Crippen molar-refractivity contribution in [1.29, 1.82) is 0 Å². The van der Waals surface area contributed by atoms with Crippen molar-refractivity contribution >= 4 is 52.9 Å². The van der Waals surface area contributed by atoms with E-state index >= 15 is 0 Å². The molecule has 0 atom stereocenters. The van der Waals surface area contributed by atoms with Crippen LogP contribution in [0.5, 0.6) is 5.75 Å². The van der Waals surface area contributed by atoms with Crippen molar-refractivity contribution in [3.63, 3.8) is 0 Å². The van der Waals surface area contributed by atoms with Crippen molar-refractivity contribution in [2.45, 2.75) is 38.9 Å². The number of nitrogens with zero attached hydrogens (tertiary/aromatic N) is 3. The van der Waals surface area contributed by atoms with Crippen molar-refractivity contribution in [2.24, 2.45) is 7.05 Å². The number of thiazole rings is 1. The number of fused-ring (bicyclic) bond motifs is 2. The van der Waals surface area contributed by atoms with Crippen LogP contribution in [0, 0.1) is 0 Å². The van der Waals surface area contributed by atoms with Crippen molar-refractivity contribution in [3.8, 4) is 5.75 Å². The molecule has 6 heteroatoms. The maximum absolute atomic E-state index is 6.45. The summed E-state index contributed by atoms with van der Waals surface area (Å²) in [6.07, 6.45) is 6.22. The van der Waals surface area contributed by atoms with Crippen LogP contribution >= 0.6 is 11.3 Å². The van der Waals surface area contributed by atoms with E-state index in [2.05, 4.69) is 81.4 Å². The Morgan fingerprint density at radius 1 is 1.03 bits per heavy atom. The van der Waals surface area contributed by atoms with Crippen LogP contribution in [0.4, 0.5) is 0 Å². The van der Waals surface area contributed by atoms with E-state index < -0.39 is 8.32 Å². The van der Waals surface area contributed by atoms with Gasteiger partial charge in [0.15, 0.2) is 0 Å². The van der Waals surface area contributed by atoms with E-state index in [9.17, 15) is 0 Å². The molecule has 150 valence electrons. The van der Waals surface area contributed by atoms with Gasteiger partial charge < -0.3 is 4.43 Å². The summed E-state index contributed by atoms with van der Waals surface area (Å²) in [5.74, 6) is 0.949. The molecule has 4 aromatic rings. The fourth-order valence-electron chi connectivity index (χ4n) is 2.94. The summed E-state index contributed by atoms with van der Waals surface area (Å²) in [6.45, 7) is 11.3. The number of rotatable bonds is 4. The van der Waals surface area contributed by atoms with Gasteiger partial charge in [0.2, 0.25) is 8.32 Å². The molecule has 0 saturated heterocycles. The number of aromatic nitrogens is 3. The third-order valence-corrected chi connectivity index (χ3v) is 11.0. The second-order valence-corrected chi connectivity index (χ2v) is 14.8. The molecule has 0 unspecified atom stereocenters.